The van der Waals surface area contributed by atoms with E-state index in [0.29, 0.717) is 50.1 Å². The topological polar surface area (TPSA) is 62.7 Å². The van der Waals surface area contributed by atoms with E-state index in [4.69, 9.17) is 28.9 Å². The predicted molar refractivity (Wildman–Crippen MR) is 342 cm³/mol. The van der Waals surface area contributed by atoms with E-state index < -0.39 is 0 Å². The Bertz CT molecular complexity index is 3340. The van der Waals surface area contributed by atoms with Gasteiger partial charge in [-0.2, -0.15) is 0 Å². The zero-order chi connectivity index (χ0) is 54.1. The van der Waals surface area contributed by atoms with Crippen LogP contribution in [0, 0.1) is 23.7 Å². The van der Waals surface area contributed by atoms with E-state index in [0.717, 1.165) is 129 Å². The number of fused-ring (bicyclic) bond motifs is 13. The molecule has 0 saturated carbocycles. The van der Waals surface area contributed by atoms with Gasteiger partial charge >= 0.3 is 0 Å². The molecule has 0 fully saturated rings. The van der Waals surface area contributed by atoms with Crippen LogP contribution < -0.4 is 18.9 Å². The third-order valence-corrected chi connectivity index (χ3v) is 21.0. The summed E-state index contributed by atoms with van der Waals surface area (Å²) in [6.07, 6.45) is 18.4. The predicted octanol–water partition coefficient (Wildman–Crippen LogP) is 22.5. The van der Waals surface area contributed by atoms with Gasteiger partial charge in [0.25, 0.3) is 0 Å². The molecule has 412 valence electrons. The molecule has 10 aromatic rings. The van der Waals surface area contributed by atoms with Gasteiger partial charge in [-0.3, -0.25) is 0 Å². The lowest BCUT2D eigenvalue weighted by molar-refractivity contribution is 0.223. The quantitative estimate of drug-likeness (QED) is 0.0330. The summed E-state index contributed by atoms with van der Waals surface area (Å²) in [6, 6.07) is 27.2. The molecule has 0 radical (unpaired) electrons. The molecular weight excluding hydrogens is 1040 g/mol. The van der Waals surface area contributed by atoms with Crippen molar-refractivity contribution in [2.24, 2.45) is 23.7 Å². The van der Waals surface area contributed by atoms with Gasteiger partial charge in [0.05, 0.1) is 46.9 Å². The zero-order valence-corrected chi connectivity index (χ0v) is 51.0. The summed E-state index contributed by atoms with van der Waals surface area (Å²) in [5.74, 6) is 5.20. The largest absolute Gasteiger partial charge is 0.493 e. The maximum absolute atomic E-state index is 7.29. The van der Waals surface area contributed by atoms with E-state index in [9.17, 15) is 0 Å². The minimum absolute atomic E-state index is 0.437. The maximum Gasteiger partial charge on any atom is 0.131 e. The van der Waals surface area contributed by atoms with Crippen LogP contribution >= 0.6 is 45.3 Å². The highest BCUT2D eigenvalue weighted by Gasteiger charge is 2.25. The van der Waals surface area contributed by atoms with Gasteiger partial charge in [-0.05, 0) is 130 Å². The molecule has 4 atom stereocenters. The lowest BCUT2D eigenvalue weighted by Gasteiger charge is -2.23. The highest BCUT2D eigenvalue weighted by molar-refractivity contribution is 7.28. The average Bonchev–Trinajstić information content (AvgIpc) is 4.08. The lowest BCUT2D eigenvalue weighted by atomic mass is 9.92. The summed E-state index contributed by atoms with van der Waals surface area (Å²) >= 11 is 7.26. The van der Waals surface area contributed by atoms with Gasteiger partial charge in [-0.1, -0.05) is 145 Å². The fraction of sp³-hybridized carbons (Fsp3) is 0.471. The Kier molecular flexibility index (Phi) is 19.1. The zero-order valence-electron chi connectivity index (χ0n) is 47.7. The Morgan fingerprint density at radius 2 is 0.769 bits per heavy atom. The third-order valence-electron chi connectivity index (χ3n) is 16.6. The van der Waals surface area contributed by atoms with Crippen LogP contribution in [0.1, 0.15) is 158 Å². The number of aromatic nitrogens is 2. The van der Waals surface area contributed by atoms with Crippen LogP contribution in [0.15, 0.2) is 83.6 Å². The molecule has 0 N–H and O–H groups in total. The van der Waals surface area contributed by atoms with E-state index in [-0.39, 0.29) is 0 Å². The van der Waals surface area contributed by atoms with E-state index in [1.807, 2.05) is 22.7 Å². The first-order chi connectivity index (χ1) is 38.3. The van der Waals surface area contributed by atoms with Crippen molar-refractivity contribution in [3.63, 3.8) is 0 Å². The van der Waals surface area contributed by atoms with Crippen LogP contribution in [0.4, 0.5) is 0 Å². The fourth-order valence-corrected chi connectivity index (χ4v) is 15.4. The number of unbranched alkanes of at least 4 members (excludes halogenated alkanes) is 4. The maximum atomic E-state index is 7.29. The molecule has 0 bridgehead atoms. The van der Waals surface area contributed by atoms with Crippen LogP contribution in [0.2, 0.25) is 0 Å². The average molecular weight is 1120 g/mol. The number of nitrogens with zero attached hydrogens (tertiary/aromatic N) is 2. The number of hydrogen-bond donors (Lipinski definition) is 0. The summed E-state index contributed by atoms with van der Waals surface area (Å²) in [7, 11) is 0. The van der Waals surface area contributed by atoms with Crippen LogP contribution in [0.5, 0.6) is 23.0 Å². The number of benzene rings is 5. The van der Waals surface area contributed by atoms with Gasteiger partial charge in [0.1, 0.15) is 34.0 Å². The SMILES string of the molecule is CCCCC(CC)COc1cc(OCC(CC)CCCC)c2c(c1)c1cc3nc4c(nc3cc1c1cc(OCC(CC)CCCC)cc(OCC(CC)CCCC)c12)c1sc(-c2cccs2)cc1c1cc(-c2cccs2)sc14. The molecule has 10 heteroatoms. The summed E-state index contributed by atoms with van der Waals surface area (Å²) in [5, 5.41) is 13.3. The van der Waals surface area contributed by atoms with Gasteiger partial charge in [0.2, 0.25) is 0 Å². The molecule has 5 aromatic carbocycles. The first kappa shape index (κ1) is 56.3. The minimum atomic E-state index is 0.437. The highest BCUT2D eigenvalue weighted by Crippen LogP contribution is 2.51. The molecule has 0 spiro atoms. The second-order valence-electron chi connectivity index (χ2n) is 22.1. The van der Waals surface area contributed by atoms with Crippen molar-refractivity contribution in [1.82, 2.24) is 9.97 Å². The second-order valence-corrected chi connectivity index (χ2v) is 26.1. The monoisotopic (exact) mass is 1120 g/mol. The van der Waals surface area contributed by atoms with Crippen LogP contribution in [0.3, 0.4) is 0 Å². The summed E-state index contributed by atoms with van der Waals surface area (Å²) < 4.78 is 30.9. The van der Waals surface area contributed by atoms with Crippen molar-refractivity contribution >= 4 is 120 Å². The molecule has 78 heavy (non-hydrogen) atoms. The summed E-state index contributed by atoms with van der Waals surface area (Å²) in [6.45, 7) is 20.9. The van der Waals surface area contributed by atoms with Crippen molar-refractivity contribution in [3.05, 3.63) is 83.6 Å². The van der Waals surface area contributed by atoms with E-state index in [1.165, 1.54) is 91.0 Å². The van der Waals surface area contributed by atoms with Crippen LogP contribution in [-0.2, 0) is 0 Å². The van der Waals surface area contributed by atoms with Crippen molar-refractivity contribution in [1.29, 1.82) is 0 Å². The summed E-state index contributed by atoms with van der Waals surface area (Å²) in [4.78, 5) is 16.6. The number of rotatable bonds is 30. The lowest BCUT2D eigenvalue weighted by Crippen LogP contribution is -2.14. The van der Waals surface area contributed by atoms with Crippen molar-refractivity contribution < 1.29 is 18.9 Å². The molecule has 5 heterocycles. The fourth-order valence-electron chi connectivity index (χ4n) is 11.4. The molecule has 10 rings (SSSR count). The molecule has 6 nitrogen and oxygen atoms in total. The van der Waals surface area contributed by atoms with E-state index in [2.05, 4.69) is 139 Å². The molecule has 0 aliphatic heterocycles. The molecule has 0 aliphatic rings. The Hall–Kier alpha value is -5.00. The number of ether oxygens (including phenoxy) is 4. The first-order valence-electron chi connectivity index (χ1n) is 29.9. The van der Waals surface area contributed by atoms with Gasteiger partial charge in [0.15, 0.2) is 0 Å². The van der Waals surface area contributed by atoms with Gasteiger partial charge in [0, 0.05) is 53.2 Å². The summed E-state index contributed by atoms with van der Waals surface area (Å²) in [5.41, 5.74) is 3.65. The Labute approximate surface area is 479 Å². The molecule has 5 aromatic heterocycles. The Morgan fingerprint density at radius 1 is 0.397 bits per heavy atom. The minimum Gasteiger partial charge on any atom is -0.493 e. The van der Waals surface area contributed by atoms with Gasteiger partial charge in [-0.15, -0.1) is 45.3 Å². The highest BCUT2D eigenvalue weighted by atomic mass is 32.1. The Morgan fingerprint density at radius 3 is 1.10 bits per heavy atom. The van der Waals surface area contributed by atoms with E-state index >= 15 is 0 Å². The van der Waals surface area contributed by atoms with Crippen molar-refractivity contribution in [2.75, 3.05) is 26.4 Å². The third kappa shape index (κ3) is 12.2. The number of thiophene rings is 4. The Balaban J connectivity index is 1.27. The smallest absolute Gasteiger partial charge is 0.131 e. The second kappa shape index (κ2) is 26.5. The molecule has 0 saturated heterocycles. The molecule has 4 unspecified atom stereocenters. The molecular formula is C68H82N2O4S4. The molecule has 0 amide bonds. The van der Waals surface area contributed by atoms with E-state index in [1.54, 1.807) is 22.7 Å². The standard InChI is InChI=1S/C68H82N2O4S4/c1-9-17-23-43(13-5)39-71-47-31-51-49-35-55-56(70-66-65(69-55)67-53(37-61(77-67)59-27-21-29-75-59)54-38-62(78-68(54)66)60-28-22-30-76-60)36-50(49)52-32-48(72-40-44(14-6)24-18-10-2)34-58(74-42-46(16-8)26-20-12-4)64(52)63(51)57(33-47)73-41-45(15-7)25-19-11-3/h21-22,27-38,43-46H,9-20,23-26,39-42H2,1-8H3. The first-order valence-corrected chi connectivity index (χ1v) is 33.3. The molecule has 0 aliphatic carbocycles. The number of hydrogen-bond acceptors (Lipinski definition) is 10. The van der Waals surface area contributed by atoms with Gasteiger partial charge < -0.3 is 18.9 Å². The normalized spacial score (nSPS) is 13.7. The van der Waals surface area contributed by atoms with Crippen LogP contribution in [-0.4, -0.2) is 36.4 Å². The van der Waals surface area contributed by atoms with Crippen molar-refractivity contribution in [2.45, 2.75) is 158 Å². The van der Waals surface area contributed by atoms with Gasteiger partial charge in [-0.25, -0.2) is 9.97 Å². The van der Waals surface area contributed by atoms with Crippen LogP contribution in [0.25, 0.3) is 94.1 Å². The van der Waals surface area contributed by atoms with Crippen molar-refractivity contribution in [3.8, 4) is 42.5 Å².